The average molecular weight is 978 g/mol. The first-order valence-corrected chi connectivity index (χ1v) is 27.2. The molecule has 2 saturated heterocycles. The van der Waals surface area contributed by atoms with Gasteiger partial charge in [0.25, 0.3) is 0 Å². The third kappa shape index (κ3) is 11.2. The fraction of sp³-hybridized carbons (Fsp3) is 0.533. The van der Waals surface area contributed by atoms with E-state index in [2.05, 4.69) is 138 Å². The molecule has 386 valence electrons. The maximum Gasteiger partial charge on any atom is 0.151 e. The highest BCUT2D eigenvalue weighted by molar-refractivity contribution is 5.93. The third-order valence-electron chi connectivity index (χ3n) is 15.9. The number of likely N-dealkylation sites (N-methyl/N-ethyl adjacent to an activating group) is 1. The Balaban J connectivity index is 0.000000187. The highest BCUT2D eigenvalue weighted by Gasteiger charge is 2.51. The summed E-state index contributed by atoms with van der Waals surface area (Å²) >= 11 is 0. The van der Waals surface area contributed by atoms with Crippen LogP contribution in [-0.4, -0.2) is 118 Å². The number of aromatic nitrogens is 4. The molecular weight excluding hydrogens is 895 g/mol. The minimum Gasteiger partial charge on any atom is -0.496 e. The van der Waals surface area contributed by atoms with Crippen molar-refractivity contribution in [1.82, 2.24) is 24.8 Å². The van der Waals surface area contributed by atoms with Crippen molar-refractivity contribution in [2.75, 3.05) is 107 Å². The van der Waals surface area contributed by atoms with E-state index in [4.69, 9.17) is 29.4 Å². The van der Waals surface area contributed by atoms with E-state index in [-0.39, 0.29) is 17.6 Å². The molecule has 2 aliphatic heterocycles. The van der Waals surface area contributed by atoms with E-state index in [1.165, 1.54) is 22.2 Å². The van der Waals surface area contributed by atoms with E-state index >= 15 is 0 Å². The summed E-state index contributed by atoms with van der Waals surface area (Å²) in [6.45, 7) is 17.5. The molecule has 0 radical (unpaired) electrons. The molecule has 0 amide bonds. The van der Waals surface area contributed by atoms with Crippen molar-refractivity contribution in [3.05, 3.63) is 108 Å². The van der Waals surface area contributed by atoms with E-state index in [1.54, 1.807) is 14.2 Å². The number of hydrogen-bond donors (Lipinski definition) is 1. The summed E-state index contributed by atoms with van der Waals surface area (Å²) in [5.41, 5.74) is 7.14. The maximum atomic E-state index is 9.38. The summed E-state index contributed by atoms with van der Waals surface area (Å²) in [5.74, 6) is 7.16. The lowest BCUT2D eigenvalue weighted by Gasteiger charge is -2.35. The number of para-hydroxylation sites is 2. The summed E-state index contributed by atoms with van der Waals surface area (Å²) in [6, 6.07) is 30.1. The van der Waals surface area contributed by atoms with Gasteiger partial charge in [0.2, 0.25) is 0 Å². The van der Waals surface area contributed by atoms with Crippen molar-refractivity contribution in [3.63, 3.8) is 0 Å². The number of aliphatic hydroxyl groups is 1. The second-order valence-electron chi connectivity index (χ2n) is 20.7. The van der Waals surface area contributed by atoms with Gasteiger partial charge in [-0.2, -0.15) is 0 Å². The Kier molecular flexibility index (Phi) is 17.1. The number of methoxy groups -OCH3 is 2. The van der Waals surface area contributed by atoms with Crippen LogP contribution in [0.1, 0.15) is 133 Å². The van der Waals surface area contributed by atoms with Crippen molar-refractivity contribution in [2.45, 2.75) is 122 Å². The molecule has 2 aromatic heterocycles. The largest absolute Gasteiger partial charge is 0.496 e. The predicted molar refractivity (Wildman–Crippen MR) is 299 cm³/mol. The third-order valence-corrected chi connectivity index (χ3v) is 15.9. The Labute approximate surface area is 430 Å². The number of rotatable bonds is 17. The lowest BCUT2D eigenvalue weighted by atomic mass is 9.88. The second-order valence-corrected chi connectivity index (χ2v) is 20.7. The first-order chi connectivity index (χ1) is 35.0. The number of benzene rings is 4. The van der Waals surface area contributed by atoms with Gasteiger partial charge in [0.05, 0.1) is 37.4 Å². The van der Waals surface area contributed by atoms with Gasteiger partial charge in [-0.05, 0) is 149 Å². The lowest BCUT2D eigenvalue weighted by Crippen LogP contribution is -2.36. The van der Waals surface area contributed by atoms with Gasteiger partial charge in [-0.25, -0.2) is 19.9 Å². The van der Waals surface area contributed by atoms with Gasteiger partial charge in [0.1, 0.15) is 29.0 Å². The van der Waals surface area contributed by atoms with Crippen LogP contribution in [0.3, 0.4) is 0 Å². The van der Waals surface area contributed by atoms with Gasteiger partial charge in [0.15, 0.2) is 5.82 Å². The molecule has 12 heteroatoms. The number of aliphatic hydroxyl groups excluding tert-OH is 1. The van der Waals surface area contributed by atoms with E-state index in [9.17, 15) is 5.11 Å². The SMILES string of the molecule is CC.CCCN(C)c1ccc2nc(C3(N(C)CCC)CC3)nc(N3CCC(c4ccccc4OC)CC3)c2c1.COc1ccccc1C1CCN(c2nc(C3(C)CC3)nc3ccc(N(C)CCO)cc23)CC1. The van der Waals surface area contributed by atoms with Crippen LogP contribution in [0.5, 0.6) is 11.5 Å². The normalized spacial score (nSPS) is 17.2. The number of hydrogen-bond acceptors (Lipinski definition) is 12. The molecule has 10 rings (SSSR count). The van der Waals surface area contributed by atoms with Crippen LogP contribution in [0.4, 0.5) is 23.0 Å². The monoisotopic (exact) mass is 978 g/mol. The van der Waals surface area contributed by atoms with Crippen molar-refractivity contribution in [1.29, 1.82) is 0 Å². The zero-order valence-electron chi connectivity index (χ0n) is 45.3. The van der Waals surface area contributed by atoms with Gasteiger partial charge in [-0.15, -0.1) is 0 Å². The molecular formula is C60H83N9O3. The van der Waals surface area contributed by atoms with Crippen LogP contribution < -0.4 is 29.1 Å². The van der Waals surface area contributed by atoms with E-state index in [0.29, 0.717) is 18.4 Å². The summed E-state index contributed by atoms with van der Waals surface area (Å²) < 4.78 is 11.3. The van der Waals surface area contributed by atoms with Crippen molar-refractivity contribution >= 4 is 44.8 Å². The number of anilines is 4. The molecule has 4 fully saturated rings. The predicted octanol–water partition coefficient (Wildman–Crippen LogP) is 11.7. The molecule has 0 bridgehead atoms. The maximum absolute atomic E-state index is 9.38. The van der Waals surface area contributed by atoms with Gasteiger partial charge in [0, 0.05) is 80.9 Å². The molecule has 0 spiro atoms. The Morgan fingerprint density at radius 2 is 1.03 bits per heavy atom. The van der Waals surface area contributed by atoms with E-state index in [0.717, 1.165) is 160 Å². The van der Waals surface area contributed by atoms with Crippen LogP contribution in [0, 0.1) is 0 Å². The van der Waals surface area contributed by atoms with E-state index < -0.39 is 0 Å². The highest BCUT2D eigenvalue weighted by atomic mass is 16.5. The number of ether oxygens (including phenoxy) is 2. The summed E-state index contributed by atoms with van der Waals surface area (Å²) in [7, 11) is 9.96. The fourth-order valence-electron chi connectivity index (χ4n) is 11.0. The number of fused-ring (bicyclic) bond motifs is 2. The zero-order chi connectivity index (χ0) is 51.0. The van der Waals surface area contributed by atoms with Gasteiger partial charge in [-0.3, -0.25) is 4.90 Å². The van der Waals surface area contributed by atoms with Crippen molar-refractivity contribution in [3.8, 4) is 11.5 Å². The van der Waals surface area contributed by atoms with Crippen LogP contribution in [0.25, 0.3) is 21.8 Å². The first-order valence-electron chi connectivity index (χ1n) is 27.2. The van der Waals surface area contributed by atoms with Crippen molar-refractivity contribution in [2.24, 2.45) is 0 Å². The summed E-state index contributed by atoms with van der Waals surface area (Å²) in [6.07, 6.45) is 11.2. The Hall–Kier alpha value is -5.72. The molecule has 12 nitrogen and oxygen atoms in total. The van der Waals surface area contributed by atoms with Crippen LogP contribution in [-0.2, 0) is 11.0 Å². The first kappa shape index (κ1) is 52.6. The molecule has 2 aliphatic carbocycles. The standard InChI is InChI=1S/C31H43N5O.C27H34N4O2.C2H6/c1-6-18-34(3)24-12-13-27-26(22-24)29(33-30(32-27)31(16-17-31)35(4)19-7-2)36-20-14-23(15-21-36)25-10-8-9-11-28(25)37-5;1-27(12-13-27)26-28-23-9-8-20(30(2)16-17-32)18-22(23)25(29-26)31-14-10-19(11-15-31)21-6-4-5-7-24(21)33-3;1-2/h8-13,22-23H,6-7,14-21H2,1-5H3;4-9,18-19,32H,10-17H2,1-3H3;1-2H3. The number of nitrogens with zero attached hydrogens (tertiary/aromatic N) is 9. The summed E-state index contributed by atoms with van der Waals surface area (Å²) in [4.78, 5) is 32.5. The fourth-order valence-corrected chi connectivity index (χ4v) is 11.0. The van der Waals surface area contributed by atoms with E-state index in [1.807, 2.05) is 27.0 Å². The van der Waals surface area contributed by atoms with Gasteiger partial charge < -0.3 is 34.2 Å². The molecule has 6 aromatic rings. The molecule has 0 atom stereocenters. The molecule has 72 heavy (non-hydrogen) atoms. The molecule has 1 N–H and O–H groups in total. The molecule has 4 aliphatic rings. The number of piperidine rings is 2. The average Bonchev–Trinajstić information content (AvgIpc) is 4.38. The Morgan fingerprint density at radius 3 is 1.46 bits per heavy atom. The topological polar surface area (TPSA) is 106 Å². The second kappa shape index (κ2) is 23.4. The smallest absolute Gasteiger partial charge is 0.151 e. The van der Waals surface area contributed by atoms with Crippen LogP contribution in [0.15, 0.2) is 84.9 Å². The van der Waals surface area contributed by atoms with Gasteiger partial charge in [-0.1, -0.05) is 71.0 Å². The summed E-state index contributed by atoms with van der Waals surface area (Å²) in [5, 5.41) is 11.6. The Morgan fingerprint density at radius 1 is 0.583 bits per heavy atom. The minimum absolute atomic E-state index is 0.00759. The minimum atomic E-state index is -0.00759. The highest BCUT2D eigenvalue weighted by Crippen LogP contribution is 2.51. The van der Waals surface area contributed by atoms with Crippen molar-refractivity contribution < 1.29 is 14.6 Å². The molecule has 4 heterocycles. The van der Waals surface area contributed by atoms with Crippen LogP contribution >= 0.6 is 0 Å². The lowest BCUT2D eigenvalue weighted by molar-refractivity contribution is 0.213. The quantitative estimate of drug-likeness (QED) is 0.0940. The zero-order valence-corrected chi connectivity index (χ0v) is 45.3. The molecule has 4 aromatic carbocycles. The van der Waals surface area contributed by atoms with Gasteiger partial charge >= 0.3 is 0 Å². The molecule has 0 unspecified atom stereocenters. The Bertz CT molecular complexity index is 2720. The molecule has 2 saturated carbocycles. The van der Waals surface area contributed by atoms with Crippen LogP contribution in [0.2, 0.25) is 0 Å².